The van der Waals surface area contributed by atoms with Gasteiger partial charge >= 0.3 is 0 Å². The van der Waals surface area contributed by atoms with Crippen molar-refractivity contribution in [1.82, 2.24) is 25.2 Å². The summed E-state index contributed by atoms with van der Waals surface area (Å²) in [5.41, 5.74) is 6.12. The molecule has 174 valence electrons. The molecule has 0 radical (unpaired) electrons. The van der Waals surface area contributed by atoms with Gasteiger partial charge in [0.25, 0.3) is 0 Å². The van der Waals surface area contributed by atoms with E-state index in [1.807, 2.05) is 20.8 Å². The molecule has 31 heavy (non-hydrogen) atoms. The van der Waals surface area contributed by atoms with E-state index in [1.165, 1.54) is 11.9 Å². The molecular weight excluding hydrogens is 400 g/mol. The maximum Gasteiger partial charge on any atom is 0.248 e. The first-order valence-corrected chi connectivity index (χ1v) is 11.1. The Balaban J connectivity index is 1.73. The number of aliphatic hydroxyl groups is 1. The van der Waals surface area contributed by atoms with Gasteiger partial charge in [0, 0.05) is 26.1 Å². The molecule has 0 bridgehead atoms. The van der Waals surface area contributed by atoms with Gasteiger partial charge < -0.3 is 25.8 Å². The second-order valence-corrected chi connectivity index (χ2v) is 9.82. The van der Waals surface area contributed by atoms with Crippen molar-refractivity contribution in [3.05, 3.63) is 11.9 Å². The number of aliphatic hydroxyl groups excluding tert-OH is 1. The van der Waals surface area contributed by atoms with Crippen molar-refractivity contribution < 1.29 is 19.4 Å². The van der Waals surface area contributed by atoms with Gasteiger partial charge in [0.2, 0.25) is 11.8 Å². The van der Waals surface area contributed by atoms with Crippen molar-refractivity contribution >= 4 is 11.8 Å². The van der Waals surface area contributed by atoms with E-state index in [0.717, 1.165) is 25.7 Å². The lowest BCUT2D eigenvalue weighted by molar-refractivity contribution is -0.144. The van der Waals surface area contributed by atoms with Crippen molar-refractivity contribution in [2.45, 2.75) is 89.8 Å². The molecule has 10 heteroatoms. The number of β-amino-alcohol motifs (C(OH)–C–C–N with tert-alkyl or cyclic N) is 1. The highest BCUT2D eigenvalue weighted by Crippen LogP contribution is 2.34. The fourth-order valence-electron chi connectivity index (χ4n) is 4.47. The van der Waals surface area contributed by atoms with Crippen LogP contribution in [-0.4, -0.2) is 74.7 Å². The minimum atomic E-state index is -0.727. The van der Waals surface area contributed by atoms with Crippen molar-refractivity contribution in [3.8, 4) is 0 Å². The summed E-state index contributed by atoms with van der Waals surface area (Å²) in [4.78, 5) is 27.2. The van der Waals surface area contributed by atoms with E-state index in [4.69, 9.17) is 10.5 Å². The third kappa shape index (κ3) is 5.61. The van der Waals surface area contributed by atoms with E-state index in [0.29, 0.717) is 12.3 Å². The van der Waals surface area contributed by atoms with Crippen LogP contribution in [0.3, 0.4) is 0 Å². The minimum absolute atomic E-state index is 0.123. The molecule has 2 aliphatic rings. The maximum absolute atomic E-state index is 13.5. The number of likely N-dealkylation sites (N-methyl/N-ethyl adjacent to an activating group) is 1. The highest BCUT2D eigenvalue weighted by atomic mass is 16.5. The number of hydrogen-bond donors (Lipinski definition) is 3. The molecule has 3 rings (SSSR count). The third-order valence-electron chi connectivity index (χ3n) is 6.17. The average molecular weight is 437 g/mol. The summed E-state index contributed by atoms with van der Waals surface area (Å²) in [5, 5.41) is 21.1. The molecule has 2 amide bonds. The quantitative estimate of drug-likeness (QED) is 0.586. The molecule has 1 aromatic rings. The summed E-state index contributed by atoms with van der Waals surface area (Å²) < 4.78 is 7.54. The highest BCUT2D eigenvalue weighted by molar-refractivity contribution is 5.90. The number of rotatable bonds is 6. The topological polar surface area (TPSA) is 136 Å². The van der Waals surface area contributed by atoms with Crippen LogP contribution in [0, 0.1) is 5.41 Å². The largest absolute Gasteiger partial charge is 0.391 e. The number of aromatic nitrogens is 3. The van der Waals surface area contributed by atoms with Gasteiger partial charge in [-0.2, -0.15) is 0 Å². The lowest BCUT2D eigenvalue weighted by Gasteiger charge is -2.34. The number of nitrogens with one attached hydrogen (secondary N) is 1. The van der Waals surface area contributed by atoms with E-state index >= 15 is 0 Å². The fraction of sp³-hybridized carbons (Fsp3) is 0.810. The molecule has 2 unspecified atom stereocenters. The van der Waals surface area contributed by atoms with E-state index in [1.54, 1.807) is 10.9 Å². The normalized spacial score (nSPS) is 27.9. The van der Waals surface area contributed by atoms with Gasteiger partial charge in [-0.3, -0.25) is 9.59 Å². The van der Waals surface area contributed by atoms with E-state index in [-0.39, 0.29) is 36.9 Å². The number of carbonyl (C=O) groups excluding carboxylic acids is 2. The lowest BCUT2D eigenvalue weighted by atomic mass is 9.85. The van der Waals surface area contributed by atoms with Gasteiger partial charge in [-0.1, -0.05) is 26.0 Å². The Kier molecular flexibility index (Phi) is 7.33. The number of likely N-dealkylation sites (tertiary alicyclic amines) is 1. The second-order valence-electron chi connectivity index (χ2n) is 9.82. The Morgan fingerprint density at radius 1 is 1.32 bits per heavy atom. The van der Waals surface area contributed by atoms with Gasteiger partial charge in [-0.05, 0) is 31.1 Å². The maximum atomic E-state index is 13.5. The summed E-state index contributed by atoms with van der Waals surface area (Å²) in [6.07, 6.45) is 5.22. The van der Waals surface area contributed by atoms with Crippen molar-refractivity contribution in [3.63, 3.8) is 0 Å². The molecule has 3 atom stereocenters. The standard InChI is InChI=1S/C21H36N6O4/c1-21(2,3)18(20(30)26-11-15(28)9-17(26)19(29)23-4)27-10-14(24-25-27)12-31-16-7-5-13(22)6-8-16/h10,13,15-18,28H,5-9,11-12,22H2,1-4H3,(H,23,29)/t13?,15?,16?,17-,18?/m1/s1. The van der Waals surface area contributed by atoms with Gasteiger partial charge in [0.1, 0.15) is 17.8 Å². The molecule has 1 aliphatic carbocycles. The zero-order chi connectivity index (χ0) is 22.8. The fourth-order valence-corrected chi connectivity index (χ4v) is 4.47. The van der Waals surface area contributed by atoms with Crippen molar-refractivity contribution in [1.29, 1.82) is 0 Å². The molecule has 1 aromatic heterocycles. The Morgan fingerprint density at radius 2 is 2.00 bits per heavy atom. The van der Waals surface area contributed by atoms with Crippen molar-refractivity contribution in [2.75, 3.05) is 13.6 Å². The summed E-state index contributed by atoms with van der Waals surface area (Å²) >= 11 is 0. The highest BCUT2D eigenvalue weighted by Gasteiger charge is 2.45. The SMILES string of the molecule is CNC(=O)[C@H]1CC(O)CN1C(=O)C(n1cc(COC2CCC(N)CC2)nn1)C(C)(C)C. The predicted molar refractivity (Wildman–Crippen MR) is 114 cm³/mol. The molecule has 0 spiro atoms. The first-order chi connectivity index (χ1) is 14.6. The molecule has 1 saturated heterocycles. The Morgan fingerprint density at radius 3 is 2.61 bits per heavy atom. The number of nitrogens with two attached hydrogens (primary N) is 1. The molecule has 10 nitrogen and oxygen atoms in total. The predicted octanol–water partition coefficient (Wildman–Crippen LogP) is 0.360. The Bertz CT molecular complexity index is 768. The van der Waals surface area contributed by atoms with Crippen LogP contribution >= 0.6 is 0 Å². The van der Waals surface area contributed by atoms with Gasteiger partial charge in [0.05, 0.1) is 25.0 Å². The van der Waals surface area contributed by atoms with Crippen LogP contribution in [0.4, 0.5) is 0 Å². The van der Waals surface area contributed by atoms with Crippen LogP contribution in [-0.2, 0) is 20.9 Å². The van der Waals surface area contributed by atoms with E-state index in [9.17, 15) is 14.7 Å². The third-order valence-corrected chi connectivity index (χ3v) is 6.17. The first-order valence-electron chi connectivity index (χ1n) is 11.1. The van der Waals surface area contributed by atoms with E-state index in [2.05, 4.69) is 15.6 Å². The van der Waals surface area contributed by atoms with Gasteiger partial charge in [-0.15, -0.1) is 5.10 Å². The minimum Gasteiger partial charge on any atom is -0.391 e. The number of carbonyl (C=O) groups is 2. The monoisotopic (exact) mass is 436 g/mol. The zero-order valence-corrected chi connectivity index (χ0v) is 19.0. The smallest absolute Gasteiger partial charge is 0.248 e. The summed E-state index contributed by atoms with van der Waals surface area (Å²) in [5.74, 6) is -0.534. The lowest BCUT2D eigenvalue weighted by Crippen LogP contribution is -2.49. The summed E-state index contributed by atoms with van der Waals surface area (Å²) in [6, 6.07) is -1.10. The zero-order valence-electron chi connectivity index (χ0n) is 19.0. The summed E-state index contributed by atoms with van der Waals surface area (Å²) in [7, 11) is 1.53. The van der Waals surface area contributed by atoms with Gasteiger partial charge in [-0.25, -0.2) is 4.68 Å². The second kappa shape index (κ2) is 9.62. The van der Waals surface area contributed by atoms with Crippen LogP contribution in [0.25, 0.3) is 0 Å². The number of nitrogens with zero attached hydrogens (tertiary/aromatic N) is 4. The molecule has 0 aromatic carbocycles. The molecule has 4 N–H and O–H groups in total. The van der Waals surface area contributed by atoms with Crippen LogP contribution in [0.5, 0.6) is 0 Å². The Labute approximate surface area is 183 Å². The molecule has 2 heterocycles. The summed E-state index contributed by atoms with van der Waals surface area (Å²) in [6.45, 7) is 6.28. The average Bonchev–Trinajstić information content (AvgIpc) is 3.32. The van der Waals surface area contributed by atoms with Crippen LogP contribution in [0.1, 0.15) is 64.6 Å². The van der Waals surface area contributed by atoms with Crippen LogP contribution in [0.2, 0.25) is 0 Å². The Hall–Kier alpha value is -2.04. The van der Waals surface area contributed by atoms with Crippen LogP contribution < -0.4 is 11.1 Å². The van der Waals surface area contributed by atoms with Gasteiger partial charge in [0.15, 0.2) is 0 Å². The first kappa shape index (κ1) is 23.6. The van der Waals surface area contributed by atoms with Crippen molar-refractivity contribution in [2.24, 2.45) is 11.1 Å². The number of amides is 2. The molecular formula is C21H36N6O4. The molecule has 2 fully saturated rings. The van der Waals surface area contributed by atoms with E-state index < -0.39 is 23.6 Å². The molecule has 1 saturated carbocycles. The number of hydrogen-bond acceptors (Lipinski definition) is 7. The molecule has 1 aliphatic heterocycles. The number of ether oxygens (including phenoxy) is 1. The van der Waals surface area contributed by atoms with Crippen LogP contribution in [0.15, 0.2) is 6.20 Å².